The molecule has 0 spiro atoms. The van der Waals surface area contributed by atoms with Crippen LogP contribution in [0.3, 0.4) is 0 Å². The lowest BCUT2D eigenvalue weighted by Gasteiger charge is -2.53. The zero-order valence-electron chi connectivity index (χ0n) is 47.5. The molecule has 0 aromatic heterocycles. The van der Waals surface area contributed by atoms with Crippen molar-refractivity contribution >= 4 is 77.5 Å². The van der Waals surface area contributed by atoms with Gasteiger partial charge in [-0.2, -0.15) is 0 Å². The van der Waals surface area contributed by atoms with Crippen molar-refractivity contribution in [1.82, 2.24) is 4.90 Å². The summed E-state index contributed by atoms with van der Waals surface area (Å²) in [5, 5.41) is 0. The van der Waals surface area contributed by atoms with Crippen LogP contribution in [0.2, 0.25) is 0 Å². The minimum atomic E-state index is -2.04. The molecular weight excluding hydrogens is 1110 g/mol. The molecule has 3 saturated heterocycles. The van der Waals surface area contributed by atoms with Crippen molar-refractivity contribution in [3.8, 4) is 0 Å². The van der Waals surface area contributed by atoms with Crippen LogP contribution in [0.25, 0.3) is 0 Å². The summed E-state index contributed by atoms with van der Waals surface area (Å²) in [6, 6.07) is -3.31. The van der Waals surface area contributed by atoms with E-state index in [2.05, 4.69) is 0 Å². The highest BCUT2D eigenvalue weighted by atomic mass is 16.8. The van der Waals surface area contributed by atoms with E-state index in [9.17, 15) is 62.3 Å². The summed E-state index contributed by atoms with van der Waals surface area (Å²) in [6.07, 6.45) is -27.0. The average Bonchev–Trinajstić information content (AvgIpc) is 2.93. The highest BCUT2D eigenvalue weighted by Crippen LogP contribution is 2.40. The van der Waals surface area contributed by atoms with Crippen molar-refractivity contribution in [1.29, 1.82) is 0 Å². The molecule has 1 aliphatic carbocycles. The smallest absolute Gasteiger partial charge is 0.303 e. The van der Waals surface area contributed by atoms with Gasteiger partial charge >= 0.3 is 71.6 Å². The molecule has 9 unspecified atom stereocenters. The second-order valence-electron chi connectivity index (χ2n) is 19.1. The first-order valence-electron chi connectivity index (χ1n) is 25.5. The third-order valence-electron chi connectivity index (χ3n) is 12.2. The van der Waals surface area contributed by atoms with Gasteiger partial charge in [0.2, 0.25) is 5.91 Å². The fraction of sp³-hybridized carbons (Fsp3) is 0.706. The molecule has 3 aliphatic heterocycles. The Kier molecular flexibility index (Phi) is 24.6. The molecule has 0 aromatic carbocycles. The normalized spacial score (nSPS) is 31.3. The van der Waals surface area contributed by atoms with Crippen molar-refractivity contribution in [2.24, 2.45) is 0 Å². The summed E-state index contributed by atoms with van der Waals surface area (Å²) >= 11 is 0. The maximum absolute atomic E-state index is 14.4. The van der Waals surface area contributed by atoms with E-state index in [1.807, 2.05) is 0 Å². The molecule has 31 nitrogen and oxygen atoms in total. The molecule has 4 aliphatic rings. The SMILES string of the molecule is CC(=O)OCC1=C[C@H](N(C(C)=O)[C@@H]2C(C)O[C@H](O[C@@H]3C(COC(C)=O)O[C@H](O[C@@H]4C(COC(C)=O)OCC(OC(C)=O)C4OC(C)=O)C(OC(C)=O)C3OC(C)=O)C(OC(C)=O)C2OC(C)=O)[C@H](OC(C)=O)[C@@H](OC(C)=O)[C@@H]1OC(C)=O. The first-order chi connectivity index (χ1) is 38.3. The summed E-state index contributed by atoms with van der Waals surface area (Å²) in [5.74, 6) is -12.4. The van der Waals surface area contributed by atoms with Crippen LogP contribution >= 0.6 is 0 Å². The first-order valence-corrected chi connectivity index (χ1v) is 25.5. The molecule has 31 heteroatoms. The van der Waals surface area contributed by atoms with Crippen molar-refractivity contribution in [2.45, 2.75) is 207 Å². The van der Waals surface area contributed by atoms with E-state index in [1.54, 1.807) is 0 Å². The highest BCUT2D eigenvalue weighted by molar-refractivity contribution is 5.76. The first kappa shape index (κ1) is 67.2. The largest absolute Gasteiger partial charge is 0.463 e. The fourth-order valence-corrected chi connectivity index (χ4v) is 9.68. The van der Waals surface area contributed by atoms with E-state index in [4.69, 9.17) is 80.5 Å². The molecular formula is C51H69NO30. The molecule has 82 heavy (non-hydrogen) atoms. The van der Waals surface area contributed by atoms with Gasteiger partial charge < -0.3 is 85.4 Å². The van der Waals surface area contributed by atoms with Gasteiger partial charge in [-0.1, -0.05) is 6.08 Å². The van der Waals surface area contributed by atoms with Crippen molar-refractivity contribution in [3.63, 3.8) is 0 Å². The molecule has 18 atom stereocenters. The predicted molar refractivity (Wildman–Crippen MR) is 261 cm³/mol. The van der Waals surface area contributed by atoms with Crippen LogP contribution in [-0.4, -0.2) is 219 Å². The number of hydrogen-bond acceptors (Lipinski definition) is 30. The third kappa shape index (κ3) is 18.9. The number of hydrogen-bond donors (Lipinski definition) is 0. The standard InChI is InChI=1S/C51H69NO30/c1-20-39(52(21(2)53)35-15-34(16-66-22(3)54)40(72-26(7)58)46(76-30(11)62)41(35)73-27(8)59)45(75-29(10)61)48(78-32(13)64)50(70-20)82-44-38(18-68-24(5)56)80-51(49(79-33(14)65)47(44)77-31(12)63)81-42-36(17-67-23(4)55)69-19-37(71-25(6)57)43(42)74-28(9)60/h15,20,35-51H,16-19H2,1-14H3/t20?,35-,36?,37?,38?,39+,40+,41-,42+,43?,44+,45?,46-,47?,48?,49?,50+,51+/m0/s1. The van der Waals surface area contributed by atoms with Crippen molar-refractivity contribution in [2.75, 3.05) is 26.4 Å². The number of esters is 12. The van der Waals surface area contributed by atoms with Gasteiger partial charge in [0.15, 0.2) is 67.5 Å². The Labute approximate surface area is 469 Å². The zero-order valence-corrected chi connectivity index (χ0v) is 47.5. The Morgan fingerprint density at radius 1 is 0.427 bits per heavy atom. The zero-order chi connectivity index (χ0) is 61.6. The summed E-state index contributed by atoms with van der Waals surface area (Å²) in [4.78, 5) is 168. The molecule has 0 radical (unpaired) electrons. The molecule has 1 amide bonds. The summed E-state index contributed by atoms with van der Waals surface area (Å²) in [6.45, 7) is 11.9. The van der Waals surface area contributed by atoms with Gasteiger partial charge in [0.25, 0.3) is 0 Å². The van der Waals surface area contributed by atoms with Gasteiger partial charge in [-0.3, -0.25) is 62.3 Å². The molecule has 458 valence electrons. The summed E-state index contributed by atoms with van der Waals surface area (Å²) in [5.41, 5.74) is -0.0956. The van der Waals surface area contributed by atoms with E-state index < -0.39 is 214 Å². The van der Waals surface area contributed by atoms with Crippen LogP contribution in [0, 0.1) is 0 Å². The van der Waals surface area contributed by atoms with Crippen LogP contribution < -0.4 is 0 Å². The minimum absolute atomic E-state index is 0.0956. The van der Waals surface area contributed by atoms with Crippen LogP contribution in [0.4, 0.5) is 0 Å². The summed E-state index contributed by atoms with van der Waals surface area (Å²) < 4.78 is 98.6. The molecule has 4 rings (SSSR count). The van der Waals surface area contributed by atoms with Gasteiger partial charge in [0.05, 0.1) is 24.8 Å². The number of carbonyl (C=O) groups is 13. The van der Waals surface area contributed by atoms with Crippen LogP contribution in [0.5, 0.6) is 0 Å². The van der Waals surface area contributed by atoms with E-state index >= 15 is 0 Å². The van der Waals surface area contributed by atoms with Gasteiger partial charge in [0.1, 0.15) is 44.2 Å². The van der Waals surface area contributed by atoms with Crippen LogP contribution in [0.1, 0.15) is 96.9 Å². The topological polar surface area (TPSA) is 382 Å². The van der Waals surface area contributed by atoms with Gasteiger partial charge in [-0.15, -0.1) is 0 Å². The Bertz CT molecular complexity index is 2440. The molecule has 0 aromatic rings. The highest BCUT2D eigenvalue weighted by Gasteiger charge is 2.61. The monoisotopic (exact) mass is 1180 g/mol. The lowest BCUT2D eigenvalue weighted by atomic mass is 9.84. The second kappa shape index (κ2) is 30.1. The quantitative estimate of drug-likeness (QED) is 0.0773. The minimum Gasteiger partial charge on any atom is -0.463 e. The van der Waals surface area contributed by atoms with Gasteiger partial charge in [-0.25, -0.2) is 0 Å². The number of ether oxygens (including phenoxy) is 17. The number of nitrogens with zero attached hydrogens (tertiary/aromatic N) is 1. The van der Waals surface area contributed by atoms with E-state index in [0.29, 0.717) is 0 Å². The van der Waals surface area contributed by atoms with Gasteiger partial charge in [-0.05, 0) is 6.92 Å². The maximum atomic E-state index is 14.4. The lowest BCUT2D eigenvalue weighted by Crippen LogP contribution is -2.71. The Morgan fingerprint density at radius 3 is 1.30 bits per heavy atom. The lowest BCUT2D eigenvalue weighted by molar-refractivity contribution is -0.368. The number of carbonyl (C=O) groups excluding carboxylic acids is 13. The molecule has 0 bridgehead atoms. The van der Waals surface area contributed by atoms with Crippen molar-refractivity contribution < 1.29 is 143 Å². The second-order valence-corrected chi connectivity index (χ2v) is 19.1. The van der Waals surface area contributed by atoms with Crippen LogP contribution in [-0.2, 0) is 143 Å². The Morgan fingerprint density at radius 2 is 0.829 bits per heavy atom. The average molecular weight is 1180 g/mol. The van der Waals surface area contributed by atoms with E-state index in [1.165, 1.54) is 13.0 Å². The molecule has 3 heterocycles. The van der Waals surface area contributed by atoms with E-state index in [0.717, 1.165) is 94.9 Å². The Balaban J connectivity index is 1.97. The molecule has 3 fully saturated rings. The van der Waals surface area contributed by atoms with E-state index in [-0.39, 0.29) is 5.57 Å². The molecule has 0 N–H and O–H groups in total. The Hall–Kier alpha value is -7.35. The predicted octanol–water partition coefficient (Wildman–Crippen LogP) is -0.774. The fourth-order valence-electron chi connectivity index (χ4n) is 9.68. The molecule has 0 saturated carbocycles. The van der Waals surface area contributed by atoms with Crippen molar-refractivity contribution in [3.05, 3.63) is 11.6 Å². The number of amides is 1. The van der Waals surface area contributed by atoms with Gasteiger partial charge in [0, 0.05) is 95.6 Å². The van der Waals surface area contributed by atoms with Crippen LogP contribution in [0.15, 0.2) is 11.6 Å². The maximum Gasteiger partial charge on any atom is 0.303 e. The third-order valence-corrected chi connectivity index (χ3v) is 12.2. The summed E-state index contributed by atoms with van der Waals surface area (Å²) in [7, 11) is 0. The number of rotatable bonds is 21.